The Balaban J connectivity index is 3.19. The van der Waals surface area contributed by atoms with Crippen LogP contribution in [0, 0.1) is 11.3 Å². The number of ether oxygens (including phenoxy) is 1. The highest BCUT2D eigenvalue weighted by molar-refractivity contribution is 7.80. The van der Waals surface area contributed by atoms with Gasteiger partial charge in [-0.05, 0) is 23.6 Å². The second kappa shape index (κ2) is 5.57. The van der Waals surface area contributed by atoms with Crippen molar-refractivity contribution in [3.05, 3.63) is 28.8 Å². The molecule has 3 nitrogen and oxygen atoms in total. The van der Waals surface area contributed by atoms with Crippen LogP contribution in [0.2, 0.25) is 0 Å². The number of thiol groups is 1. The van der Waals surface area contributed by atoms with Crippen LogP contribution in [0.5, 0.6) is 0 Å². The SMILES string of the molecule is CCc1cc(S)c(C#N)c(CC(=O)OC)c1. The van der Waals surface area contributed by atoms with Crippen LogP contribution in [0.25, 0.3) is 0 Å². The molecule has 0 aliphatic rings. The van der Waals surface area contributed by atoms with Gasteiger partial charge in [0.1, 0.15) is 6.07 Å². The van der Waals surface area contributed by atoms with Gasteiger partial charge in [-0.15, -0.1) is 12.6 Å². The lowest BCUT2D eigenvalue weighted by Gasteiger charge is -2.08. The summed E-state index contributed by atoms with van der Waals surface area (Å²) in [5, 5.41) is 9.00. The molecule has 0 bridgehead atoms. The van der Waals surface area contributed by atoms with E-state index in [0.29, 0.717) is 16.0 Å². The zero-order valence-electron chi connectivity index (χ0n) is 9.28. The highest BCUT2D eigenvalue weighted by Gasteiger charge is 2.12. The van der Waals surface area contributed by atoms with Gasteiger partial charge in [0.2, 0.25) is 0 Å². The van der Waals surface area contributed by atoms with Crippen molar-refractivity contribution in [3.8, 4) is 6.07 Å². The summed E-state index contributed by atoms with van der Waals surface area (Å²) in [5.74, 6) is -0.350. The van der Waals surface area contributed by atoms with E-state index < -0.39 is 0 Å². The molecule has 1 aromatic rings. The molecule has 0 aromatic heterocycles. The molecule has 0 atom stereocenters. The molecule has 0 saturated heterocycles. The number of esters is 1. The molecule has 0 aliphatic heterocycles. The van der Waals surface area contributed by atoms with Crippen LogP contribution in [-0.2, 0) is 22.4 Å². The van der Waals surface area contributed by atoms with Gasteiger partial charge in [0, 0.05) is 4.90 Å². The molecule has 4 heteroatoms. The third-order valence-corrected chi connectivity index (χ3v) is 2.69. The van der Waals surface area contributed by atoms with Gasteiger partial charge in [0.15, 0.2) is 0 Å². The van der Waals surface area contributed by atoms with Gasteiger partial charge in [0.05, 0.1) is 19.1 Å². The lowest BCUT2D eigenvalue weighted by Crippen LogP contribution is -2.07. The zero-order chi connectivity index (χ0) is 12.1. The maximum Gasteiger partial charge on any atom is 0.310 e. The van der Waals surface area contributed by atoms with E-state index in [9.17, 15) is 4.79 Å². The third kappa shape index (κ3) is 2.77. The van der Waals surface area contributed by atoms with Crippen LogP contribution in [0.4, 0.5) is 0 Å². The molecule has 0 amide bonds. The molecule has 16 heavy (non-hydrogen) atoms. The van der Waals surface area contributed by atoms with Gasteiger partial charge in [-0.2, -0.15) is 5.26 Å². The molecular weight excluding hydrogens is 222 g/mol. The number of aryl methyl sites for hydroxylation is 1. The average Bonchev–Trinajstić information content (AvgIpc) is 2.28. The first-order valence-corrected chi connectivity index (χ1v) is 5.38. The topological polar surface area (TPSA) is 50.1 Å². The fourth-order valence-electron chi connectivity index (χ4n) is 1.45. The Morgan fingerprint density at radius 1 is 1.56 bits per heavy atom. The number of nitriles is 1. The predicted octanol–water partition coefficient (Wildman–Crippen LogP) is 2.12. The molecule has 0 fully saturated rings. The van der Waals surface area contributed by atoms with Gasteiger partial charge in [-0.25, -0.2) is 0 Å². The van der Waals surface area contributed by atoms with E-state index in [0.717, 1.165) is 12.0 Å². The third-order valence-electron chi connectivity index (χ3n) is 2.34. The van der Waals surface area contributed by atoms with Gasteiger partial charge in [-0.3, -0.25) is 4.79 Å². The quantitative estimate of drug-likeness (QED) is 0.645. The summed E-state index contributed by atoms with van der Waals surface area (Å²) >= 11 is 4.25. The van der Waals surface area contributed by atoms with Crippen LogP contribution in [-0.4, -0.2) is 13.1 Å². The van der Waals surface area contributed by atoms with E-state index in [1.54, 1.807) is 0 Å². The van der Waals surface area contributed by atoms with E-state index in [4.69, 9.17) is 5.26 Å². The molecule has 0 spiro atoms. The predicted molar refractivity (Wildman–Crippen MR) is 63.5 cm³/mol. The van der Waals surface area contributed by atoms with Crippen LogP contribution in [0.15, 0.2) is 17.0 Å². The number of carbonyl (C=O) groups excluding carboxylic acids is 1. The second-order valence-electron chi connectivity index (χ2n) is 3.37. The monoisotopic (exact) mass is 235 g/mol. The first-order chi connectivity index (χ1) is 7.62. The highest BCUT2D eigenvalue weighted by Crippen LogP contribution is 2.21. The van der Waals surface area contributed by atoms with E-state index in [-0.39, 0.29) is 12.4 Å². The van der Waals surface area contributed by atoms with Crippen molar-refractivity contribution >= 4 is 18.6 Å². The van der Waals surface area contributed by atoms with Gasteiger partial charge >= 0.3 is 5.97 Å². The van der Waals surface area contributed by atoms with E-state index in [1.165, 1.54) is 7.11 Å². The fourth-order valence-corrected chi connectivity index (χ4v) is 1.81. The maximum absolute atomic E-state index is 11.2. The fraction of sp³-hybridized carbons (Fsp3) is 0.333. The van der Waals surface area contributed by atoms with Crippen molar-refractivity contribution in [2.24, 2.45) is 0 Å². The molecule has 0 heterocycles. The van der Waals surface area contributed by atoms with Crippen LogP contribution in [0.3, 0.4) is 0 Å². The lowest BCUT2D eigenvalue weighted by molar-refractivity contribution is -0.139. The van der Waals surface area contributed by atoms with Gasteiger partial charge in [0.25, 0.3) is 0 Å². The van der Waals surface area contributed by atoms with Crippen molar-refractivity contribution in [1.29, 1.82) is 5.26 Å². The number of benzene rings is 1. The first-order valence-electron chi connectivity index (χ1n) is 4.94. The van der Waals surface area contributed by atoms with E-state index in [1.807, 2.05) is 19.1 Å². The maximum atomic E-state index is 11.2. The molecular formula is C12H13NO2S. The summed E-state index contributed by atoms with van der Waals surface area (Å²) in [4.78, 5) is 11.8. The number of nitrogens with zero attached hydrogens (tertiary/aromatic N) is 1. The molecule has 1 rings (SSSR count). The van der Waals surface area contributed by atoms with Crippen LogP contribution < -0.4 is 0 Å². The Morgan fingerprint density at radius 3 is 2.75 bits per heavy atom. The Morgan fingerprint density at radius 2 is 2.25 bits per heavy atom. The number of hydrogen-bond acceptors (Lipinski definition) is 4. The lowest BCUT2D eigenvalue weighted by atomic mass is 10.0. The summed E-state index contributed by atoms with van der Waals surface area (Å²) in [7, 11) is 1.33. The number of rotatable bonds is 3. The van der Waals surface area contributed by atoms with Crippen LogP contribution >= 0.6 is 12.6 Å². The van der Waals surface area contributed by atoms with Crippen molar-refractivity contribution in [2.75, 3.05) is 7.11 Å². The van der Waals surface area contributed by atoms with Gasteiger partial charge < -0.3 is 4.74 Å². The Labute approximate surface area is 100 Å². The minimum Gasteiger partial charge on any atom is -0.469 e. The second-order valence-corrected chi connectivity index (χ2v) is 3.85. The highest BCUT2D eigenvalue weighted by atomic mass is 32.1. The largest absolute Gasteiger partial charge is 0.469 e. The van der Waals surface area contributed by atoms with Crippen molar-refractivity contribution in [1.82, 2.24) is 0 Å². The zero-order valence-corrected chi connectivity index (χ0v) is 10.2. The molecule has 84 valence electrons. The Kier molecular flexibility index (Phi) is 4.39. The van der Waals surface area contributed by atoms with Crippen LogP contribution in [0.1, 0.15) is 23.6 Å². The number of methoxy groups -OCH3 is 1. The standard InChI is InChI=1S/C12H13NO2S/c1-3-8-4-9(6-12(14)15-2)10(7-13)11(16)5-8/h4-5,16H,3,6H2,1-2H3. The molecule has 0 saturated carbocycles. The van der Waals surface area contributed by atoms with Crippen molar-refractivity contribution in [3.63, 3.8) is 0 Å². The summed E-state index contributed by atoms with van der Waals surface area (Å²) in [5.41, 5.74) is 2.19. The average molecular weight is 235 g/mol. The minimum atomic E-state index is -0.350. The Bertz CT molecular complexity index is 449. The van der Waals surface area contributed by atoms with E-state index >= 15 is 0 Å². The molecule has 0 aliphatic carbocycles. The first kappa shape index (κ1) is 12.6. The molecule has 0 radical (unpaired) electrons. The molecule has 1 aromatic carbocycles. The van der Waals surface area contributed by atoms with Crippen molar-refractivity contribution < 1.29 is 9.53 Å². The Hall–Kier alpha value is -1.47. The minimum absolute atomic E-state index is 0.112. The number of carbonyl (C=O) groups is 1. The normalized spacial score (nSPS) is 9.62. The smallest absolute Gasteiger partial charge is 0.310 e. The summed E-state index contributed by atoms with van der Waals surface area (Å²) in [6, 6.07) is 5.77. The van der Waals surface area contributed by atoms with E-state index in [2.05, 4.69) is 23.4 Å². The van der Waals surface area contributed by atoms with Crippen molar-refractivity contribution in [2.45, 2.75) is 24.7 Å². The van der Waals surface area contributed by atoms with Gasteiger partial charge in [-0.1, -0.05) is 13.0 Å². The summed E-state index contributed by atoms with van der Waals surface area (Å²) in [6.07, 6.45) is 0.953. The number of hydrogen-bond donors (Lipinski definition) is 1. The summed E-state index contributed by atoms with van der Waals surface area (Å²) in [6.45, 7) is 2.01. The molecule has 0 unspecified atom stereocenters. The molecule has 0 N–H and O–H groups in total. The summed E-state index contributed by atoms with van der Waals surface area (Å²) < 4.78 is 4.59.